The summed E-state index contributed by atoms with van der Waals surface area (Å²) in [4.78, 5) is 21.9. The summed E-state index contributed by atoms with van der Waals surface area (Å²) in [5.74, 6) is 0.356. The van der Waals surface area contributed by atoms with Crippen LogP contribution >= 0.6 is 0 Å². The van der Waals surface area contributed by atoms with Crippen LogP contribution in [0.25, 0.3) is 0 Å². The zero-order valence-electron chi connectivity index (χ0n) is 10.0. The van der Waals surface area contributed by atoms with E-state index in [4.69, 9.17) is 5.11 Å². The second-order valence-electron chi connectivity index (χ2n) is 4.97. The fourth-order valence-corrected chi connectivity index (χ4v) is 2.36. The number of amides is 1. The number of carbonyl (C=O) groups is 2. The second kappa shape index (κ2) is 5.87. The molecular weight excluding hydrogens is 206 g/mol. The van der Waals surface area contributed by atoms with E-state index in [0.29, 0.717) is 5.92 Å². The first-order valence-corrected chi connectivity index (χ1v) is 6.00. The molecule has 4 nitrogen and oxygen atoms in total. The molecule has 1 aliphatic carbocycles. The first kappa shape index (κ1) is 13.0. The molecule has 0 radical (unpaired) electrons. The topological polar surface area (TPSA) is 66.4 Å². The monoisotopic (exact) mass is 227 g/mol. The van der Waals surface area contributed by atoms with Crippen LogP contribution in [0.1, 0.15) is 39.5 Å². The Morgan fingerprint density at radius 3 is 2.25 bits per heavy atom. The third-order valence-corrected chi connectivity index (χ3v) is 3.50. The summed E-state index contributed by atoms with van der Waals surface area (Å²) < 4.78 is 0. The summed E-state index contributed by atoms with van der Waals surface area (Å²) in [6.07, 6.45) is 3.97. The van der Waals surface area contributed by atoms with E-state index in [1.807, 2.05) is 0 Å². The molecule has 1 rings (SSSR count). The first-order chi connectivity index (χ1) is 7.50. The highest BCUT2D eigenvalue weighted by atomic mass is 16.4. The molecule has 0 aromatic heterocycles. The number of aliphatic carboxylic acids is 1. The van der Waals surface area contributed by atoms with E-state index in [1.165, 1.54) is 0 Å². The van der Waals surface area contributed by atoms with Crippen LogP contribution in [0.2, 0.25) is 0 Å². The number of rotatable bonds is 4. The first-order valence-electron chi connectivity index (χ1n) is 6.00. The number of carbonyl (C=O) groups excluding carboxylic acids is 1. The van der Waals surface area contributed by atoms with Crippen molar-refractivity contribution in [2.24, 2.45) is 17.8 Å². The van der Waals surface area contributed by atoms with Gasteiger partial charge < -0.3 is 10.4 Å². The Hall–Kier alpha value is -1.06. The highest BCUT2D eigenvalue weighted by Gasteiger charge is 2.27. The van der Waals surface area contributed by atoms with Gasteiger partial charge in [-0.25, -0.2) is 0 Å². The van der Waals surface area contributed by atoms with Crippen molar-refractivity contribution in [1.82, 2.24) is 5.32 Å². The maximum absolute atomic E-state index is 11.6. The Kier molecular flexibility index (Phi) is 4.77. The molecule has 1 aliphatic rings. The lowest BCUT2D eigenvalue weighted by molar-refractivity contribution is -0.138. The zero-order valence-corrected chi connectivity index (χ0v) is 10.0. The van der Waals surface area contributed by atoms with Crippen LogP contribution in [-0.4, -0.2) is 23.5 Å². The highest BCUT2D eigenvalue weighted by Crippen LogP contribution is 2.33. The van der Waals surface area contributed by atoms with E-state index in [0.717, 1.165) is 31.6 Å². The third-order valence-electron chi connectivity index (χ3n) is 3.50. The summed E-state index contributed by atoms with van der Waals surface area (Å²) in [6, 6.07) is 0. The highest BCUT2D eigenvalue weighted by molar-refractivity contribution is 5.82. The molecule has 1 saturated carbocycles. The molecule has 0 aromatic carbocycles. The van der Waals surface area contributed by atoms with Gasteiger partial charge in [0.05, 0.1) is 0 Å². The predicted octanol–water partition coefficient (Wildman–Crippen LogP) is 1.65. The van der Waals surface area contributed by atoms with Gasteiger partial charge in [0.25, 0.3) is 0 Å². The molecule has 0 bridgehead atoms. The van der Waals surface area contributed by atoms with Gasteiger partial charge in [0, 0.05) is 5.92 Å². The van der Waals surface area contributed by atoms with Crippen LogP contribution in [0.5, 0.6) is 0 Å². The van der Waals surface area contributed by atoms with Crippen molar-refractivity contribution < 1.29 is 14.7 Å². The summed E-state index contributed by atoms with van der Waals surface area (Å²) >= 11 is 0. The van der Waals surface area contributed by atoms with Gasteiger partial charge in [0.1, 0.15) is 6.54 Å². The maximum atomic E-state index is 11.6. The lowest BCUT2D eigenvalue weighted by atomic mass is 9.77. The number of hydrogen-bond donors (Lipinski definition) is 2. The molecule has 2 N–H and O–H groups in total. The van der Waals surface area contributed by atoms with Crippen LogP contribution < -0.4 is 5.32 Å². The van der Waals surface area contributed by atoms with Crippen LogP contribution in [-0.2, 0) is 9.59 Å². The van der Waals surface area contributed by atoms with E-state index >= 15 is 0 Å². The molecule has 0 aliphatic heterocycles. The van der Waals surface area contributed by atoms with E-state index < -0.39 is 5.97 Å². The SMILES string of the molecule is CC(C)C1CCC(C(=O)NCC(=O)O)CC1. The lowest BCUT2D eigenvalue weighted by Gasteiger charge is -2.29. The van der Waals surface area contributed by atoms with Gasteiger partial charge in [-0.15, -0.1) is 0 Å². The Morgan fingerprint density at radius 2 is 1.81 bits per heavy atom. The van der Waals surface area contributed by atoms with Gasteiger partial charge in [0.15, 0.2) is 0 Å². The number of hydrogen-bond acceptors (Lipinski definition) is 2. The average Bonchev–Trinajstić information content (AvgIpc) is 2.26. The molecule has 0 spiro atoms. The Labute approximate surface area is 96.4 Å². The van der Waals surface area contributed by atoms with Crippen molar-refractivity contribution in [2.75, 3.05) is 6.54 Å². The van der Waals surface area contributed by atoms with E-state index in [2.05, 4.69) is 19.2 Å². The van der Waals surface area contributed by atoms with Crippen molar-refractivity contribution >= 4 is 11.9 Å². The smallest absolute Gasteiger partial charge is 0.322 e. The number of carboxylic acid groups (broad SMARTS) is 1. The standard InChI is InChI=1S/C12H21NO3/c1-8(2)9-3-5-10(6-4-9)12(16)13-7-11(14)15/h8-10H,3-7H2,1-2H3,(H,13,16)(H,14,15). The second-order valence-corrected chi connectivity index (χ2v) is 4.97. The minimum Gasteiger partial charge on any atom is -0.480 e. The van der Waals surface area contributed by atoms with Crippen molar-refractivity contribution in [2.45, 2.75) is 39.5 Å². The minimum atomic E-state index is -0.982. The van der Waals surface area contributed by atoms with Crippen LogP contribution in [0.15, 0.2) is 0 Å². The van der Waals surface area contributed by atoms with Crippen molar-refractivity contribution in [3.63, 3.8) is 0 Å². The average molecular weight is 227 g/mol. The molecule has 16 heavy (non-hydrogen) atoms. The molecule has 0 heterocycles. The summed E-state index contributed by atoms with van der Waals surface area (Å²) in [5.41, 5.74) is 0. The van der Waals surface area contributed by atoms with E-state index in [1.54, 1.807) is 0 Å². The molecule has 0 saturated heterocycles. The maximum Gasteiger partial charge on any atom is 0.322 e. The fraction of sp³-hybridized carbons (Fsp3) is 0.833. The van der Waals surface area contributed by atoms with E-state index in [9.17, 15) is 9.59 Å². The van der Waals surface area contributed by atoms with Crippen molar-refractivity contribution in [1.29, 1.82) is 0 Å². The molecule has 1 fully saturated rings. The molecular formula is C12H21NO3. The van der Waals surface area contributed by atoms with E-state index in [-0.39, 0.29) is 18.4 Å². The Balaban J connectivity index is 2.30. The zero-order chi connectivity index (χ0) is 12.1. The predicted molar refractivity (Wildman–Crippen MR) is 60.9 cm³/mol. The molecule has 4 heteroatoms. The minimum absolute atomic E-state index is 0.0225. The molecule has 1 amide bonds. The van der Waals surface area contributed by atoms with Gasteiger partial charge in [-0.1, -0.05) is 13.8 Å². The van der Waals surface area contributed by atoms with Gasteiger partial charge in [0.2, 0.25) is 5.91 Å². The van der Waals surface area contributed by atoms with Gasteiger partial charge in [-0.2, -0.15) is 0 Å². The van der Waals surface area contributed by atoms with Crippen LogP contribution in [0.4, 0.5) is 0 Å². The molecule has 0 atom stereocenters. The molecule has 92 valence electrons. The van der Waals surface area contributed by atoms with Gasteiger partial charge in [-0.05, 0) is 37.5 Å². The summed E-state index contributed by atoms with van der Waals surface area (Å²) in [5, 5.41) is 10.9. The quantitative estimate of drug-likeness (QED) is 0.767. The Morgan fingerprint density at radius 1 is 1.25 bits per heavy atom. The number of nitrogens with one attached hydrogen (secondary N) is 1. The molecule has 0 unspecified atom stereocenters. The van der Waals surface area contributed by atoms with Crippen molar-refractivity contribution in [3.8, 4) is 0 Å². The van der Waals surface area contributed by atoms with Gasteiger partial charge in [-0.3, -0.25) is 9.59 Å². The normalized spacial score (nSPS) is 25.4. The van der Waals surface area contributed by atoms with Gasteiger partial charge >= 0.3 is 5.97 Å². The van der Waals surface area contributed by atoms with Crippen LogP contribution in [0.3, 0.4) is 0 Å². The molecule has 0 aromatic rings. The summed E-state index contributed by atoms with van der Waals surface area (Å²) in [7, 11) is 0. The number of carboxylic acids is 1. The lowest BCUT2D eigenvalue weighted by Crippen LogP contribution is -2.36. The summed E-state index contributed by atoms with van der Waals surface area (Å²) in [6.45, 7) is 4.17. The fourth-order valence-electron chi connectivity index (χ4n) is 2.36. The third kappa shape index (κ3) is 3.83. The Bertz CT molecular complexity index is 255. The van der Waals surface area contributed by atoms with Crippen molar-refractivity contribution in [3.05, 3.63) is 0 Å². The van der Waals surface area contributed by atoms with Crippen LogP contribution in [0, 0.1) is 17.8 Å². The largest absolute Gasteiger partial charge is 0.480 e.